The molecule has 1 atom stereocenters. The Balaban J connectivity index is 1.82. The van der Waals surface area contributed by atoms with Crippen LogP contribution in [-0.2, 0) is 0 Å². The van der Waals surface area contributed by atoms with Crippen molar-refractivity contribution in [3.8, 4) is 5.88 Å². The molecule has 1 aliphatic heterocycles. The molecule has 1 unspecified atom stereocenters. The highest BCUT2D eigenvalue weighted by Crippen LogP contribution is 2.23. The van der Waals surface area contributed by atoms with Gasteiger partial charge in [-0.25, -0.2) is 0 Å². The van der Waals surface area contributed by atoms with E-state index >= 15 is 0 Å². The van der Waals surface area contributed by atoms with Crippen LogP contribution in [0.2, 0.25) is 0 Å². The van der Waals surface area contributed by atoms with E-state index < -0.39 is 0 Å². The van der Waals surface area contributed by atoms with E-state index in [0.717, 1.165) is 30.6 Å². The van der Waals surface area contributed by atoms with Crippen molar-refractivity contribution < 1.29 is 4.74 Å². The second-order valence-electron chi connectivity index (χ2n) is 6.15. The number of fused-ring (bicyclic) bond motifs is 1. The number of aromatic amines is 1. The van der Waals surface area contributed by atoms with Crippen LogP contribution in [0.5, 0.6) is 5.88 Å². The molecule has 3 rings (SSSR count). The van der Waals surface area contributed by atoms with Crippen LogP contribution in [0.1, 0.15) is 20.3 Å². The third-order valence-electron chi connectivity index (χ3n) is 4.21. The smallest absolute Gasteiger partial charge is 0.232 e. The number of rotatable bonds is 6. The number of hydrogen-bond donors (Lipinski definition) is 3. The summed E-state index contributed by atoms with van der Waals surface area (Å²) in [7, 11) is 2.11. The molecular formula is C17H25N7O. The molecule has 0 aliphatic carbocycles. The lowest BCUT2D eigenvalue weighted by Crippen LogP contribution is -2.19. The van der Waals surface area contributed by atoms with Gasteiger partial charge in [-0.2, -0.15) is 9.97 Å². The van der Waals surface area contributed by atoms with E-state index in [0.29, 0.717) is 35.8 Å². The summed E-state index contributed by atoms with van der Waals surface area (Å²) in [6.45, 7) is 6.44. The number of allylic oxidation sites excluding steroid dienone is 1. The van der Waals surface area contributed by atoms with Crippen molar-refractivity contribution >= 4 is 22.7 Å². The number of H-pyrrole nitrogens is 1. The zero-order valence-electron chi connectivity index (χ0n) is 14.9. The first kappa shape index (κ1) is 17.2. The molecule has 4 N–H and O–H groups in total. The van der Waals surface area contributed by atoms with Gasteiger partial charge in [0.15, 0.2) is 0 Å². The molecule has 134 valence electrons. The summed E-state index contributed by atoms with van der Waals surface area (Å²) in [6.07, 6.45) is 4.37. The molecule has 0 saturated carbocycles. The van der Waals surface area contributed by atoms with Crippen molar-refractivity contribution in [2.45, 2.75) is 26.3 Å². The number of aromatic nitrogens is 3. The summed E-state index contributed by atoms with van der Waals surface area (Å²) < 4.78 is 5.62. The standard InChI is InChI=1S/C17H25N7O/c1-4-25-16-13-5-7-19-15(13)22-17(23-16)21-14(9-18)11(2)20-12-6-8-24(3)10-12/h5,7,9,12H,4,6,8,10,18H2,1-3H3,(H2,19,21,22,23). The van der Waals surface area contributed by atoms with Crippen molar-refractivity contribution in [3.05, 3.63) is 24.2 Å². The summed E-state index contributed by atoms with van der Waals surface area (Å²) in [4.78, 5) is 19.1. The van der Waals surface area contributed by atoms with E-state index in [1.54, 1.807) is 0 Å². The molecular weight excluding hydrogens is 318 g/mol. The van der Waals surface area contributed by atoms with E-state index in [4.69, 9.17) is 15.5 Å². The highest BCUT2D eigenvalue weighted by Gasteiger charge is 2.19. The first-order valence-corrected chi connectivity index (χ1v) is 8.50. The van der Waals surface area contributed by atoms with Gasteiger partial charge in [-0.1, -0.05) is 0 Å². The second-order valence-corrected chi connectivity index (χ2v) is 6.15. The van der Waals surface area contributed by atoms with Gasteiger partial charge in [-0.15, -0.1) is 0 Å². The van der Waals surface area contributed by atoms with E-state index in [2.05, 4.69) is 32.2 Å². The largest absolute Gasteiger partial charge is 0.477 e. The fourth-order valence-corrected chi connectivity index (χ4v) is 2.95. The fourth-order valence-electron chi connectivity index (χ4n) is 2.95. The Morgan fingerprint density at radius 3 is 3.08 bits per heavy atom. The van der Waals surface area contributed by atoms with Gasteiger partial charge in [0.2, 0.25) is 11.8 Å². The van der Waals surface area contributed by atoms with Crippen molar-refractivity contribution in [1.29, 1.82) is 0 Å². The van der Waals surface area contributed by atoms with Crippen LogP contribution < -0.4 is 15.8 Å². The van der Waals surface area contributed by atoms with Crippen LogP contribution in [0.15, 0.2) is 29.2 Å². The molecule has 1 fully saturated rings. The van der Waals surface area contributed by atoms with Crippen LogP contribution in [0.3, 0.4) is 0 Å². The Labute approximate surface area is 147 Å². The molecule has 2 aromatic rings. The Morgan fingerprint density at radius 1 is 1.56 bits per heavy atom. The lowest BCUT2D eigenvalue weighted by Gasteiger charge is -2.13. The minimum Gasteiger partial charge on any atom is -0.477 e. The first-order valence-electron chi connectivity index (χ1n) is 8.50. The molecule has 0 amide bonds. The number of nitrogens with one attached hydrogen (secondary N) is 2. The monoisotopic (exact) mass is 343 g/mol. The summed E-state index contributed by atoms with van der Waals surface area (Å²) in [5.41, 5.74) is 8.05. The van der Waals surface area contributed by atoms with Crippen LogP contribution in [-0.4, -0.2) is 58.3 Å². The van der Waals surface area contributed by atoms with E-state index in [-0.39, 0.29) is 0 Å². The fraction of sp³-hybridized carbons (Fsp3) is 0.471. The number of anilines is 1. The van der Waals surface area contributed by atoms with Crippen molar-refractivity contribution in [1.82, 2.24) is 19.9 Å². The molecule has 8 heteroatoms. The number of aliphatic imine (C=N–C) groups is 1. The van der Waals surface area contributed by atoms with Gasteiger partial charge in [-0.3, -0.25) is 4.99 Å². The lowest BCUT2D eigenvalue weighted by atomic mass is 10.2. The molecule has 0 radical (unpaired) electrons. The average molecular weight is 343 g/mol. The summed E-state index contributed by atoms with van der Waals surface area (Å²) >= 11 is 0. The molecule has 1 saturated heterocycles. The normalized spacial score (nSPS) is 19.6. The SMILES string of the molecule is CCOc1nc(NC(=CN)C(C)=NC2CCN(C)C2)nc2[nH]ccc12. The molecule has 1 aliphatic rings. The van der Waals surface area contributed by atoms with Gasteiger partial charge in [0.25, 0.3) is 0 Å². The maximum Gasteiger partial charge on any atom is 0.232 e. The minimum absolute atomic E-state index is 0.299. The predicted molar refractivity (Wildman–Crippen MR) is 100.0 cm³/mol. The van der Waals surface area contributed by atoms with Crippen LogP contribution in [0.4, 0.5) is 5.95 Å². The molecule has 2 aromatic heterocycles. The maximum atomic E-state index is 5.80. The number of nitrogens with two attached hydrogens (primary N) is 1. The minimum atomic E-state index is 0.299. The number of likely N-dealkylation sites (tertiary alicyclic amines) is 1. The van der Waals surface area contributed by atoms with Gasteiger partial charge in [0.05, 0.1) is 29.4 Å². The Kier molecular flexibility index (Phi) is 5.18. The van der Waals surface area contributed by atoms with Crippen molar-refractivity contribution in [2.75, 3.05) is 32.1 Å². The third kappa shape index (κ3) is 3.90. The molecule has 0 spiro atoms. The van der Waals surface area contributed by atoms with Gasteiger partial charge < -0.3 is 25.7 Å². The first-order chi connectivity index (χ1) is 12.1. The number of ether oxygens (including phenoxy) is 1. The molecule has 25 heavy (non-hydrogen) atoms. The van der Waals surface area contributed by atoms with E-state index in [1.807, 2.05) is 26.1 Å². The molecule has 3 heterocycles. The number of hydrogen-bond acceptors (Lipinski definition) is 7. The molecule has 0 bridgehead atoms. The highest BCUT2D eigenvalue weighted by atomic mass is 16.5. The average Bonchev–Trinajstić information content (AvgIpc) is 3.21. The van der Waals surface area contributed by atoms with Crippen LogP contribution >= 0.6 is 0 Å². The lowest BCUT2D eigenvalue weighted by molar-refractivity contribution is 0.331. The molecule has 0 aromatic carbocycles. The Hall–Kier alpha value is -2.61. The zero-order chi connectivity index (χ0) is 17.8. The topological polar surface area (TPSA) is 104 Å². The second kappa shape index (κ2) is 7.52. The van der Waals surface area contributed by atoms with Gasteiger partial charge in [-0.05, 0) is 39.9 Å². The van der Waals surface area contributed by atoms with Crippen LogP contribution in [0.25, 0.3) is 11.0 Å². The number of nitrogens with zero attached hydrogens (tertiary/aromatic N) is 4. The maximum absolute atomic E-state index is 5.80. The highest BCUT2D eigenvalue weighted by molar-refractivity contribution is 6.00. The Morgan fingerprint density at radius 2 is 2.40 bits per heavy atom. The number of likely N-dealkylation sites (N-methyl/N-ethyl adjacent to an activating group) is 1. The van der Waals surface area contributed by atoms with E-state index in [1.165, 1.54) is 6.20 Å². The quantitative estimate of drug-likeness (QED) is 0.690. The van der Waals surface area contributed by atoms with Crippen LogP contribution in [0, 0.1) is 0 Å². The predicted octanol–water partition coefficient (Wildman–Crippen LogP) is 1.73. The van der Waals surface area contributed by atoms with Gasteiger partial charge in [0, 0.05) is 18.9 Å². The van der Waals surface area contributed by atoms with E-state index in [9.17, 15) is 0 Å². The van der Waals surface area contributed by atoms with Gasteiger partial charge >= 0.3 is 0 Å². The van der Waals surface area contributed by atoms with Crippen molar-refractivity contribution in [2.24, 2.45) is 10.7 Å². The zero-order valence-corrected chi connectivity index (χ0v) is 14.9. The summed E-state index contributed by atoms with van der Waals surface area (Å²) in [5, 5.41) is 4.02. The Bertz CT molecular complexity index is 795. The molecule has 8 nitrogen and oxygen atoms in total. The van der Waals surface area contributed by atoms with Crippen molar-refractivity contribution in [3.63, 3.8) is 0 Å². The summed E-state index contributed by atoms with van der Waals surface area (Å²) in [6, 6.07) is 2.19. The third-order valence-corrected chi connectivity index (χ3v) is 4.21. The summed E-state index contributed by atoms with van der Waals surface area (Å²) in [5.74, 6) is 0.966. The van der Waals surface area contributed by atoms with Gasteiger partial charge in [0.1, 0.15) is 5.65 Å².